The summed E-state index contributed by atoms with van der Waals surface area (Å²) in [6.45, 7) is 0. The largest absolute Gasteiger partial charge is 0.456 e. The third kappa shape index (κ3) is 4.37. The zero-order chi connectivity index (χ0) is 31.6. The fraction of sp³-hybridized carbons (Fsp3) is 0. The summed E-state index contributed by atoms with van der Waals surface area (Å²) < 4.78 is 12.5. The summed E-state index contributed by atoms with van der Waals surface area (Å²) in [4.78, 5) is 15.1. The molecule has 3 aromatic heterocycles. The average molecular weight is 616 g/mol. The topological polar surface area (TPSA) is 65.0 Å². The molecule has 0 fully saturated rings. The van der Waals surface area contributed by atoms with Crippen molar-refractivity contribution in [1.82, 2.24) is 15.0 Å². The lowest BCUT2D eigenvalue weighted by molar-refractivity contribution is 0.668. The number of furan rings is 2. The van der Waals surface area contributed by atoms with Crippen molar-refractivity contribution in [3.63, 3.8) is 0 Å². The van der Waals surface area contributed by atoms with Crippen LogP contribution in [0.3, 0.4) is 0 Å². The fourth-order valence-electron chi connectivity index (χ4n) is 6.70. The van der Waals surface area contributed by atoms with Gasteiger partial charge < -0.3 is 8.83 Å². The van der Waals surface area contributed by atoms with Crippen LogP contribution in [-0.2, 0) is 0 Å². The summed E-state index contributed by atoms with van der Waals surface area (Å²) in [6, 6.07) is 51.9. The van der Waals surface area contributed by atoms with Gasteiger partial charge in [0.2, 0.25) is 0 Å². The Morgan fingerprint density at radius 3 is 1.38 bits per heavy atom. The number of fused-ring (bicyclic) bond motifs is 7. The minimum atomic E-state index is 0.568. The first-order valence-corrected chi connectivity index (χ1v) is 15.9. The zero-order valence-electron chi connectivity index (χ0n) is 25.6. The molecule has 0 aliphatic rings. The van der Waals surface area contributed by atoms with E-state index >= 15 is 0 Å². The molecule has 5 nitrogen and oxygen atoms in total. The standard InChI is InChI=1S/C43H25N3O2/c1-2-9-27-22-29(17-16-26(27)8-1)28-10-7-11-30(23-28)41-44-42(31-18-20-35-33-12-3-5-14-37(33)47-39(35)24-31)46-43(45-41)32-19-21-36-34-13-4-6-15-38(34)48-40(36)25-32/h1-25H. The van der Waals surface area contributed by atoms with Gasteiger partial charge in [0.1, 0.15) is 22.3 Å². The van der Waals surface area contributed by atoms with Crippen molar-refractivity contribution in [3.8, 4) is 45.3 Å². The molecule has 5 heteroatoms. The molecular weight excluding hydrogens is 590 g/mol. The average Bonchev–Trinajstić information content (AvgIpc) is 3.72. The Morgan fingerprint density at radius 2 is 0.750 bits per heavy atom. The maximum absolute atomic E-state index is 6.23. The summed E-state index contributed by atoms with van der Waals surface area (Å²) in [6.07, 6.45) is 0. The van der Waals surface area contributed by atoms with Crippen molar-refractivity contribution in [3.05, 3.63) is 152 Å². The van der Waals surface area contributed by atoms with Crippen LogP contribution in [0, 0.1) is 0 Å². The predicted molar refractivity (Wildman–Crippen MR) is 194 cm³/mol. The number of nitrogens with zero attached hydrogens (tertiary/aromatic N) is 3. The van der Waals surface area contributed by atoms with E-state index in [-0.39, 0.29) is 0 Å². The first-order chi connectivity index (χ1) is 23.7. The maximum atomic E-state index is 6.23. The Balaban J connectivity index is 1.15. The van der Waals surface area contributed by atoms with Crippen LogP contribution in [-0.4, -0.2) is 15.0 Å². The maximum Gasteiger partial charge on any atom is 0.164 e. The Kier molecular flexibility index (Phi) is 5.81. The monoisotopic (exact) mass is 615 g/mol. The van der Waals surface area contributed by atoms with Gasteiger partial charge in [-0.15, -0.1) is 0 Å². The van der Waals surface area contributed by atoms with Gasteiger partial charge in [0.25, 0.3) is 0 Å². The third-order valence-electron chi connectivity index (χ3n) is 9.11. The highest BCUT2D eigenvalue weighted by atomic mass is 16.3. The van der Waals surface area contributed by atoms with E-state index in [1.807, 2.05) is 48.5 Å². The Bertz CT molecular complexity index is 2730. The third-order valence-corrected chi connectivity index (χ3v) is 9.11. The predicted octanol–water partition coefficient (Wildman–Crippen LogP) is 11.5. The van der Waals surface area contributed by atoms with Crippen LogP contribution in [0.2, 0.25) is 0 Å². The molecule has 0 amide bonds. The molecule has 48 heavy (non-hydrogen) atoms. The number of hydrogen-bond acceptors (Lipinski definition) is 5. The van der Waals surface area contributed by atoms with E-state index in [4.69, 9.17) is 23.8 Å². The van der Waals surface area contributed by atoms with Crippen molar-refractivity contribution in [2.24, 2.45) is 0 Å². The number of benzene rings is 7. The van der Waals surface area contributed by atoms with Crippen molar-refractivity contribution in [1.29, 1.82) is 0 Å². The van der Waals surface area contributed by atoms with E-state index in [1.165, 1.54) is 10.8 Å². The molecule has 0 spiro atoms. The van der Waals surface area contributed by atoms with Gasteiger partial charge in [-0.1, -0.05) is 103 Å². The van der Waals surface area contributed by atoms with Gasteiger partial charge in [0.05, 0.1) is 0 Å². The van der Waals surface area contributed by atoms with Gasteiger partial charge in [-0.25, -0.2) is 15.0 Å². The van der Waals surface area contributed by atoms with E-state index in [0.29, 0.717) is 17.5 Å². The van der Waals surface area contributed by atoms with E-state index in [1.54, 1.807) is 0 Å². The summed E-state index contributed by atoms with van der Waals surface area (Å²) in [5.74, 6) is 1.73. The first kappa shape index (κ1) is 26.6. The molecular formula is C43H25N3O2. The van der Waals surface area contributed by atoms with Crippen LogP contribution in [0.1, 0.15) is 0 Å². The van der Waals surface area contributed by atoms with Crippen LogP contribution < -0.4 is 0 Å². The summed E-state index contributed by atoms with van der Waals surface area (Å²) >= 11 is 0. The fourth-order valence-corrected chi connectivity index (χ4v) is 6.70. The smallest absolute Gasteiger partial charge is 0.164 e. The van der Waals surface area contributed by atoms with Crippen molar-refractivity contribution in [2.75, 3.05) is 0 Å². The van der Waals surface area contributed by atoms with Crippen LogP contribution in [0.25, 0.3) is 99.9 Å². The molecule has 0 aliphatic carbocycles. The minimum Gasteiger partial charge on any atom is -0.456 e. The van der Waals surface area contributed by atoms with Crippen molar-refractivity contribution in [2.45, 2.75) is 0 Å². The Labute approximate surface area is 274 Å². The molecule has 10 aromatic rings. The second kappa shape index (κ2) is 10.5. The van der Waals surface area contributed by atoms with Gasteiger partial charge in [-0.05, 0) is 70.4 Å². The molecule has 3 heterocycles. The zero-order valence-corrected chi connectivity index (χ0v) is 25.6. The Morgan fingerprint density at radius 1 is 0.292 bits per heavy atom. The normalized spacial score (nSPS) is 11.8. The van der Waals surface area contributed by atoms with E-state index in [2.05, 4.69) is 103 Å². The molecule has 224 valence electrons. The van der Waals surface area contributed by atoms with Crippen molar-refractivity contribution >= 4 is 54.6 Å². The number of aromatic nitrogens is 3. The highest BCUT2D eigenvalue weighted by Crippen LogP contribution is 2.35. The second-order valence-electron chi connectivity index (χ2n) is 12.1. The number of para-hydroxylation sites is 2. The molecule has 0 aliphatic heterocycles. The van der Waals surface area contributed by atoms with E-state index in [0.717, 1.165) is 71.7 Å². The minimum absolute atomic E-state index is 0.568. The SMILES string of the molecule is c1cc(-c2ccc3ccccc3c2)cc(-c2nc(-c3ccc4c(c3)oc3ccccc34)nc(-c3ccc4c(c3)oc3ccccc34)n2)c1. The van der Waals surface area contributed by atoms with Crippen LogP contribution in [0.15, 0.2) is 160 Å². The van der Waals surface area contributed by atoms with Crippen LogP contribution >= 0.6 is 0 Å². The molecule has 0 N–H and O–H groups in total. The summed E-state index contributed by atoms with van der Waals surface area (Å²) in [7, 11) is 0. The summed E-state index contributed by atoms with van der Waals surface area (Å²) in [5.41, 5.74) is 8.12. The van der Waals surface area contributed by atoms with E-state index in [9.17, 15) is 0 Å². The molecule has 0 bridgehead atoms. The second-order valence-corrected chi connectivity index (χ2v) is 12.1. The van der Waals surface area contributed by atoms with Gasteiger partial charge in [-0.2, -0.15) is 0 Å². The molecule has 0 unspecified atom stereocenters. The highest BCUT2D eigenvalue weighted by Gasteiger charge is 2.16. The van der Waals surface area contributed by atoms with Gasteiger partial charge in [0, 0.05) is 38.2 Å². The molecule has 0 radical (unpaired) electrons. The van der Waals surface area contributed by atoms with E-state index < -0.39 is 0 Å². The molecule has 0 saturated carbocycles. The molecule has 0 saturated heterocycles. The number of hydrogen-bond donors (Lipinski definition) is 0. The highest BCUT2D eigenvalue weighted by molar-refractivity contribution is 6.06. The van der Waals surface area contributed by atoms with Crippen LogP contribution in [0.5, 0.6) is 0 Å². The molecule has 0 atom stereocenters. The lowest BCUT2D eigenvalue weighted by atomic mass is 9.99. The Hall–Kier alpha value is -6.59. The van der Waals surface area contributed by atoms with Gasteiger partial charge in [0.15, 0.2) is 17.5 Å². The number of rotatable bonds is 4. The lowest BCUT2D eigenvalue weighted by Gasteiger charge is -2.10. The quantitative estimate of drug-likeness (QED) is 0.197. The lowest BCUT2D eigenvalue weighted by Crippen LogP contribution is -2.00. The molecule has 7 aromatic carbocycles. The van der Waals surface area contributed by atoms with Crippen LogP contribution in [0.4, 0.5) is 0 Å². The van der Waals surface area contributed by atoms with Gasteiger partial charge >= 0.3 is 0 Å². The van der Waals surface area contributed by atoms with Crippen molar-refractivity contribution < 1.29 is 8.83 Å². The first-order valence-electron chi connectivity index (χ1n) is 15.9. The summed E-state index contributed by atoms with van der Waals surface area (Å²) in [5, 5.41) is 6.70. The van der Waals surface area contributed by atoms with Gasteiger partial charge in [-0.3, -0.25) is 0 Å². The molecule has 10 rings (SSSR count).